The summed E-state index contributed by atoms with van der Waals surface area (Å²) in [4.78, 5) is 0. The molecule has 0 N–H and O–H groups in total. The fourth-order valence-electron chi connectivity index (χ4n) is 5.03. The molecule has 0 aromatic rings. The van der Waals surface area contributed by atoms with Crippen molar-refractivity contribution in [3.05, 3.63) is 0 Å². The van der Waals surface area contributed by atoms with Crippen molar-refractivity contribution in [3.8, 4) is 0 Å². The average Bonchev–Trinajstić information content (AvgIpc) is 2.73. The second-order valence-electron chi connectivity index (χ2n) is 8.50. The highest BCUT2D eigenvalue weighted by Crippen LogP contribution is 2.48. The summed E-state index contributed by atoms with van der Waals surface area (Å²) in [6.45, 7) is 8.99. The van der Waals surface area contributed by atoms with Gasteiger partial charge in [0, 0.05) is 21.3 Å². The predicted octanol–water partition coefficient (Wildman–Crippen LogP) is 7.80. The monoisotopic (exact) mass is 416 g/mol. The summed E-state index contributed by atoms with van der Waals surface area (Å²) in [5.41, 5.74) is 0. The van der Waals surface area contributed by atoms with Crippen molar-refractivity contribution < 1.29 is 13.6 Å². The zero-order valence-electron chi connectivity index (χ0n) is 20.4. The quantitative estimate of drug-likeness (QED) is 0.213. The van der Waals surface area contributed by atoms with Crippen LogP contribution >= 0.6 is 0 Å². The van der Waals surface area contributed by atoms with Crippen LogP contribution in [0.15, 0.2) is 0 Å². The molecule has 0 saturated carbocycles. The summed E-state index contributed by atoms with van der Waals surface area (Å²) in [7, 11) is 3.26. The van der Waals surface area contributed by atoms with Crippen LogP contribution in [0.5, 0.6) is 0 Å². The Morgan fingerprint density at radius 1 is 0.750 bits per heavy atom. The van der Waals surface area contributed by atoms with Gasteiger partial charge in [0.05, 0.1) is 0 Å². The van der Waals surface area contributed by atoms with E-state index >= 15 is 0 Å². The van der Waals surface area contributed by atoms with Crippen molar-refractivity contribution in [3.63, 3.8) is 0 Å². The van der Waals surface area contributed by atoms with Crippen molar-refractivity contribution in [2.75, 3.05) is 21.3 Å². The Balaban J connectivity index is 0.00000105. The van der Waals surface area contributed by atoms with Gasteiger partial charge in [0.1, 0.15) is 5.22 Å². The molecule has 1 aliphatic rings. The van der Waals surface area contributed by atoms with Crippen molar-refractivity contribution in [1.29, 1.82) is 0 Å². The fourth-order valence-corrected chi connectivity index (χ4v) is 9.24. The van der Waals surface area contributed by atoms with Gasteiger partial charge < -0.3 is 13.6 Å². The van der Waals surface area contributed by atoms with Crippen molar-refractivity contribution in [2.45, 2.75) is 129 Å². The third-order valence-electron chi connectivity index (χ3n) is 6.62. The molecule has 0 aromatic carbocycles. The predicted molar refractivity (Wildman–Crippen MR) is 125 cm³/mol. The molecule has 0 aliphatic carbocycles. The maximum Gasteiger partial charge on any atom is 0.371 e. The number of hydrogen-bond acceptors (Lipinski definition) is 3. The third-order valence-corrected chi connectivity index (χ3v) is 11.1. The maximum atomic E-state index is 6.22. The molecule has 0 aromatic heterocycles. The van der Waals surface area contributed by atoms with E-state index in [1.807, 2.05) is 21.3 Å². The van der Waals surface area contributed by atoms with E-state index in [0.717, 1.165) is 18.9 Å². The molecule has 2 atom stereocenters. The number of unbranched alkanes of at least 4 members (excludes halogenated alkanes) is 7. The highest BCUT2D eigenvalue weighted by molar-refractivity contribution is 6.70. The summed E-state index contributed by atoms with van der Waals surface area (Å²) in [6, 6.07) is 1.07. The topological polar surface area (TPSA) is 27.7 Å². The SMILES string of the molecule is CCCCCC.CCCCCCCC1CCC[Si](OC)(OC)C1(CCC)OC. The van der Waals surface area contributed by atoms with Gasteiger partial charge >= 0.3 is 8.56 Å². The summed E-state index contributed by atoms with van der Waals surface area (Å²) in [5, 5.41) is -0.158. The number of hydrogen-bond donors (Lipinski definition) is 0. The molecule has 1 saturated heterocycles. The Bertz CT molecular complexity index is 343. The molecule has 1 aliphatic heterocycles. The van der Waals surface area contributed by atoms with Gasteiger partial charge in [-0.1, -0.05) is 98.3 Å². The lowest BCUT2D eigenvalue weighted by molar-refractivity contribution is -0.0567. The second-order valence-corrected chi connectivity index (χ2v) is 12.2. The van der Waals surface area contributed by atoms with E-state index in [0.29, 0.717) is 5.92 Å². The first-order valence-electron chi connectivity index (χ1n) is 12.2. The van der Waals surface area contributed by atoms with Crippen LogP contribution in [0.2, 0.25) is 6.04 Å². The molecule has 170 valence electrons. The van der Waals surface area contributed by atoms with Crippen LogP contribution in [0.1, 0.15) is 118 Å². The largest absolute Gasteiger partial charge is 0.396 e. The summed E-state index contributed by atoms with van der Waals surface area (Å²) in [6.07, 6.45) is 18.2. The van der Waals surface area contributed by atoms with E-state index < -0.39 is 8.56 Å². The second kappa shape index (κ2) is 16.8. The molecule has 0 radical (unpaired) electrons. The lowest BCUT2D eigenvalue weighted by Gasteiger charge is -2.52. The molecular weight excluding hydrogens is 364 g/mol. The number of methoxy groups -OCH3 is 1. The molecule has 0 bridgehead atoms. The fraction of sp³-hybridized carbons (Fsp3) is 1.00. The van der Waals surface area contributed by atoms with Gasteiger partial charge in [0.25, 0.3) is 0 Å². The molecular formula is C24H52O3Si. The Morgan fingerprint density at radius 3 is 1.75 bits per heavy atom. The van der Waals surface area contributed by atoms with E-state index in [9.17, 15) is 0 Å². The standard InChI is InChI=1S/C18H38O3Si.C6H14/c1-6-8-9-10-11-13-17-14-12-16-22(20-4,21-5)18(17,19-3)15-7-2;1-3-5-6-4-2/h17H,6-16H2,1-5H3;3-6H2,1-2H3. The van der Waals surface area contributed by atoms with Gasteiger partial charge in [-0.2, -0.15) is 0 Å². The maximum absolute atomic E-state index is 6.22. The van der Waals surface area contributed by atoms with Crippen LogP contribution < -0.4 is 0 Å². The van der Waals surface area contributed by atoms with Crippen molar-refractivity contribution >= 4 is 8.56 Å². The summed E-state index contributed by atoms with van der Waals surface area (Å²) < 4.78 is 18.3. The van der Waals surface area contributed by atoms with Gasteiger partial charge in [-0.25, -0.2) is 0 Å². The van der Waals surface area contributed by atoms with Gasteiger partial charge in [0.15, 0.2) is 0 Å². The normalized spacial score (nSPS) is 23.9. The minimum Gasteiger partial charge on any atom is -0.396 e. The van der Waals surface area contributed by atoms with Crippen molar-refractivity contribution in [1.82, 2.24) is 0 Å². The lowest BCUT2D eigenvalue weighted by atomic mass is 9.87. The Kier molecular flexibility index (Phi) is 16.9. The average molecular weight is 417 g/mol. The van der Waals surface area contributed by atoms with Gasteiger partial charge in [-0.3, -0.25) is 0 Å². The van der Waals surface area contributed by atoms with Crippen LogP contribution in [0.4, 0.5) is 0 Å². The Labute approximate surface area is 178 Å². The zero-order chi connectivity index (χ0) is 21.3. The van der Waals surface area contributed by atoms with Gasteiger partial charge in [-0.05, 0) is 31.2 Å². The van der Waals surface area contributed by atoms with Crippen LogP contribution in [-0.4, -0.2) is 35.1 Å². The van der Waals surface area contributed by atoms with Crippen LogP contribution in [0, 0.1) is 5.92 Å². The minimum absolute atomic E-state index is 0.158. The molecule has 1 heterocycles. The first-order valence-corrected chi connectivity index (χ1v) is 14.3. The smallest absolute Gasteiger partial charge is 0.371 e. The number of ether oxygens (including phenoxy) is 1. The molecule has 2 unspecified atom stereocenters. The molecule has 0 spiro atoms. The molecule has 28 heavy (non-hydrogen) atoms. The highest BCUT2D eigenvalue weighted by Gasteiger charge is 2.62. The Hall–Kier alpha value is 0.0969. The van der Waals surface area contributed by atoms with E-state index in [-0.39, 0.29) is 5.22 Å². The molecule has 1 rings (SSSR count). The van der Waals surface area contributed by atoms with Crippen LogP contribution in [0.3, 0.4) is 0 Å². The summed E-state index contributed by atoms with van der Waals surface area (Å²) in [5.74, 6) is 0.597. The van der Waals surface area contributed by atoms with Crippen LogP contribution in [-0.2, 0) is 13.6 Å². The highest BCUT2D eigenvalue weighted by atomic mass is 28.4. The number of rotatable bonds is 14. The molecule has 3 nitrogen and oxygen atoms in total. The third kappa shape index (κ3) is 8.08. The van der Waals surface area contributed by atoms with E-state index in [1.54, 1.807) is 0 Å². The van der Waals surface area contributed by atoms with Gasteiger partial charge in [-0.15, -0.1) is 0 Å². The minimum atomic E-state index is -2.29. The first-order chi connectivity index (χ1) is 13.6. The van der Waals surface area contributed by atoms with Crippen LogP contribution in [0.25, 0.3) is 0 Å². The Morgan fingerprint density at radius 2 is 1.29 bits per heavy atom. The van der Waals surface area contributed by atoms with E-state index in [1.165, 1.54) is 77.0 Å². The first kappa shape index (κ1) is 28.1. The summed E-state index contributed by atoms with van der Waals surface area (Å²) >= 11 is 0. The molecule has 0 amide bonds. The van der Waals surface area contributed by atoms with E-state index in [2.05, 4.69) is 27.7 Å². The van der Waals surface area contributed by atoms with E-state index in [4.69, 9.17) is 13.6 Å². The van der Waals surface area contributed by atoms with Gasteiger partial charge in [0.2, 0.25) is 0 Å². The molecule has 4 heteroatoms. The molecule has 1 fully saturated rings. The van der Waals surface area contributed by atoms with Crippen molar-refractivity contribution in [2.24, 2.45) is 5.92 Å². The lowest BCUT2D eigenvalue weighted by Crippen LogP contribution is -2.68. The zero-order valence-corrected chi connectivity index (χ0v) is 21.4.